The SMILES string of the molecule is CC(=O)c1ccccc1NC(=O)CCc1ncc(-c2ccc(Cl)cc2)o1. The van der Waals surface area contributed by atoms with Gasteiger partial charge < -0.3 is 9.73 Å². The molecule has 6 heteroatoms. The van der Waals surface area contributed by atoms with Gasteiger partial charge in [-0.25, -0.2) is 4.98 Å². The number of oxazole rings is 1. The van der Waals surface area contributed by atoms with E-state index in [0.717, 1.165) is 5.56 Å². The highest BCUT2D eigenvalue weighted by Gasteiger charge is 2.12. The van der Waals surface area contributed by atoms with Crippen molar-refractivity contribution in [3.05, 3.63) is 71.2 Å². The summed E-state index contributed by atoms with van der Waals surface area (Å²) in [6, 6.07) is 14.2. The molecule has 0 unspecified atom stereocenters. The third-order valence-corrected chi connectivity index (χ3v) is 4.08. The zero-order chi connectivity index (χ0) is 18.5. The number of carbonyl (C=O) groups is 2. The molecular formula is C20H17ClN2O3. The van der Waals surface area contributed by atoms with Crippen LogP contribution in [0.1, 0.15) is 29.6 Å². The highest BCUT2D eigenvalue weighted by atomic mass is 35.5. The lowest BCUT2D eigenvalue weighted by Crippen LogP contribution is -2.14. The zero-order valence-corrected chi connectivity index (χ0v) is 14.9. The van der Waals surface area contributed by atoms with Gasteiger partial charge in [-0.15, -0.1) is 0 Å². The van der Waals surface area contributed by atoms with Gasteiger partial charge in [-0.3, -0.25) is 9.59 Å². The Kier molecular flexibility index (Phi) is 5.49. The molecule has 0 radical (unpaired) electrons. The van der Waals surface area contributed by atoms with Crippen molar-refractivity contribution in [2.75, 3.05) is 5.32 Å². The van der Waals surface area contributed by atoms with Crippen molar-refractivity contribution in [3.63, 3.8) is 0 Å². The lowest BCUT2D eigenvalue weighted by atomic mass is 10.1. The van der Waals surface area contributed by atoms with E-state index in [9.17, 15) is 9.59 Å². The summed E-state index contributed by atoms with van der Waals surface area (Å²) in [6.45, 7) is 1.47. The summed E-state index contributed by atoms with van der Waals surface area (Å²) in [5.74, 6) is 0.801. The average Bonchev–Trinajstić information content (AvgIpc) is 3.10. The maximum atomic E-state index is 12.2. The molecule has 0 fully saturated rings. The molecule has 132 valence electrons. The minimum Gasteiger partial charge on any atom is -0.441 e. The van der Waals surface area contributed by atoms with Crippen molar-refractivity contribution < 1.29 is 14.0 Å². The van der Waals surface area contributed by atoms with E-state index in [1.165, 1.54) is 6.92 Å². The Morgan fingerprint density at radius 3 is 2.58 bits per heavy atom. The van der Waals surface area contributed by atoms with Crippen LogP contribution < -0.4 is 5.32 Å². The van der Waals surface area contributed by atoms with Gasteiger partial charge in [0.05, 0.1) is 11.9 Å². The van der Waals surface area contributed by atoms with Crippen molar-refractivity contribution >= 4 is 29.0 Å². The van der Waals surface area contributed by atoms with Gasteiger partial charge in [0.2, 0.25) is 5.91 Å². The largest absolute Gasteiger partial charge is 0.441 e. The molecule has 0 spiro atoms. The van der Waals surface area contributed by atoms with E-state index in [1.54, 1.807) is 42.6 Å². The van der Waals surface area contributed by atoms with E-state index in [-0.39, 0.29) is 18.1 Å². The van der Waals surface area contributed by atoms with Gasteiger partial charge >= 0.3 is 0 Å². The number of amides is 1. The Hall–Kier alpha value is -2.92. The lowest BCUT2D eigenvalue weighted by Gasteiger charge is -2.08. The van der Waals surface area contributed by atoms with Crippen molar-refractivity contribution in [1.82, 2.24) is 4.98 Å². The van der Waals surface area contributed by atoms with Gasteiger partial charge in [-0.1, -0.05) is 23.7 Å². The highest BCUT2D eigenvalue weighted by molar-refractivity contribution is 6.30. The van der Waals surface area contributed by atoms with Crippen molar-refractivity contribution in [1.29, 1.82) is 0 Å². The maximum Gasteiger partial charge on any atom is 0.224 e. The summed E-state index contributed by atoms with van der Waals surface area (Å²) >= 11 is 5.87. The van der Waals surface area contributed by atoms with Crippen LogP contribution in [0.25, 0.3) is 11.3 Å². The van der Waals surface area contributed by atoms with E-state index in [0.29, 0.717) is 34.3 Å². The van der Waals surface area contributed by atoms with Crippen LogP contribution in [0.2, 0.25) is 5.02 Å². The molecule has 1 amide bonds. The van der Waals surface area contributed by atoms with Crippen LogP contribution in [0.15, 0.2) is 59.1 Å². The van der Waals surface area contributed by atoms with Crippen LogP contribution in [-0.4, -0.2) is 16.7 Å². The number of ketones is 1. The van der Waals surface area contributed by atoms with E-state index < -0.39 is 0 Å². The first-order chi connectivity index (χ1) is 12.5. The van der Waals surface area contributed by atoms with Gasteiger partial charge in [0.25, 0.3) is 0 Å². The fraction of sp³-hybridized carbons (Fsp3) is 0.150. The molecule has 0 aliphatic rings. The van der Waals surface area contributed by atoms with Crippen molar-refractivity contribution in [3.8, 4) is 11.3 Å². The highest BCUT2D eigenvalue weighted by Crippen LogP contribution is 2.23. The fourth-order valence-corrected chi connectivity index (χ4v) is 2.63. The molecule has 0 atom stereocenters. The number of benzene rings is 2. The van der Waals surface area contributed by atoms with Crippen molar-refractivity contribution in [2.24, 2.45) is 0 Å². The van der Waals surface area contributed by atoms with Crippen LogP contribution >= 0.6 is 11.6 Å². The van der Waals surface area contributed by atoms with Gasteiger partial charge in [-0.2, -0.15) is 0 Å². The van der Waals surface area contributed by atoms with Gasteiger partial charge in [0, 0.05) is 29.0 Å². The molecule has 1 aromatic heterocycles. The number of aryl methyl sites for hydroxylation is 1. The minimum absolute atomic E-state index is 0.0961. The van der Waals surface area contributed by atoms with Crippen LogP contribution in [0.5, 0.6) is 0 Å². The molecule has 0 bridgehead atoms. The van der Waals surface area contributed by atoms with E-state index in [1.807, 2.05) is 12.1 Å². The summed E-state index contributed by atoms with van der Waals surface area (Å²) < 4.78 is 5.68. The number of hydrogen-bond acceptors (Lipinski definition) is 4. The van der Waals surface area contributed by atoms with Gasteiger partial charge in [0.15, 0.2) is 17.4 Å². The Morgan fingerprint density at radius 2 is 1.85 bits per heavy atom. The summed E-state index contributed by atoms with van der Waals surface area (Å²) in [7, 11) is 0. The molecule has 3 rings (SSSR count). The first-order valence-electron chi connectivity index (χ1n) is 8.13. The van der Waals surface area contributed by atoms with Crippen LogP contribution in [0.3, 0.4) is 0 Å². The van der Waals surface area contributed by atoms with Crippen LogP contribution in [-0.2, 0) is 11.2 Å². The molecule has 0 aliphatic carbocycles. The minimum atomic E-state index is -0.204. The molecule has 26 heavy (non-hydrogen) atoms. The second kappa shape index (κ2) is 7.97. The number of aromatic nitrogens is 1. The first kappa shape index (κ1) is 17.9. The fourth-order valence-electron chi connectivity index (χ4n) is 2.51. The Labute approximate surface area is 156 Å². The molecular weight excluding hydrogens is 352 g/mol. The number of nitrogens with one attached hydrogen (secondary N) is 1. The molecule has 2 aromatic carbocycles. The third kappa shape index (κ3) is 4.37. The summed E-state index contributed by atoms with van der Waals surface area (Å²) in [6.07, 6.45) is 2.19. The quantitative estimate of drug-likeness (QED) is 0.636. The standard InChI is InChI=1S/C20H17ClN2O3/c1-13(24)16-4-2-3-5-17(16)23-19(25)10-11-20-22-12-18(26-20)14-6-8-15(21)9-7-14/h2-9,12H,10-11H2,1H3,(H,23,25). The smallest absolute Gasteiger partial charge is 0.224 e. The molecule has 3 aromatic rings. The molecule has 0 saturated heterocycles. The van der Waals surface area contributed by atoms with Gasteiger partial charge in [-0.05, 0) is 43.3 Å². The predicted molar refractivity (Wildman–Crippen MR) is 100 cm³/mol. The number of hydrogen-bond donors (Lipinski definition) is 1. The maximum absolute atomic E-state index is 12.2. The van der Waals surface area contributed by atoms with E-state index in [4.69, 9.17) is 16.0 Å². The van der Waals surface area contributed by atoms with Crippen LogP contribution in [0.4, 0.5) is 5.69 Å². The van der Waals surface area contributed by atoms with E-state index >= 15 is 0 Å². The average molecular weight is 369 g/mol. The summed E-state index contributed by atoms with van der Waals surface area (Å²) in [5.41, 5.74) is 1.87. The normalized spacial score (nSPS) is 10.5. The van der Waals surface area contributed by atoms with Gasteiger partial charge in [0.1, 0.15) is 0 Å². The van der Waals surface area contributed by atoms with Crippen molar-refractivity contribution in [2.45, 2.75) is 19.8 Å². The van der Waals surface area contributed by atoms with Crippen LogP contribution in [0, 0.1) is 0 Å². The number of para-hydroxylation sites is 1. The Balaban J connectivity index is 1.60. The number of carbonyl (C=O) groups excluding carboxylic acids is 2. The summed E-state index contributed by atoms with van der Waals surface area (Å²) in [5, 5.41) is 3.41. The third-order valence-electron chi connectivity index (χ3n) is 3.83. The molecule has 0 aliphatic heterocycles. The molecule has 5 nitrogen and oxygen atoms in total. The Morgan fingerprint density at radius 1 is 1.12 bits per heavy atom. The first-order valence-corrected chi connectivity index (χ1v) is 8.51. The predicted octanol–water partition coefficient (Wildman–Crippen LogP) is 4.77. The molecule has 1 heterocycles. The molecule has 1 N–H and O–H groups in total. The zero-order valence-electron chi connectivity index (χ0n) is 14.2. The summed E-state index contributed by atoms with van der Waals surface area (Å²) in [4.78, 5) is 28.0. The Bertz CT molecular complexity index is 932. The molecule has 0 saturated carbocycles. The number of Topliss-reactive ketones (excluding diaryl/α,β-unsaturated/α-hetero) is 1. The number of anilines is 1. The number of nitrogens with zero attached hydrogens (tertiary/aromatic N) is 1. The monoisotopic (exact) mass is 368 g/mol. The second-order valence-electron chi connectivity index (χ2n) is 5.78. The lowest BCUT2D eigenvalue weighted by molar-refractivity contribution is -0.116. The topological polar surface area (TPSA) is 72.2 Å². The number of halogens is 1. The number of rotatable bonds is 6. The van der Waals surface area contributed by atoms with E-state index in [2.05, 4.69) is 10.3 Å². The second-order valence-corrected chi connectivity index (χ2v) is 6.21.